The van der Waals surface area contributed by atoms with E-state index in [4.69, 9.17) is 4.74 Å². The summed E-state index contributed by atoms with van der Waals surface area (Å²) in [6.07, 6.45) is 0. The number of hydrazone groups is 1. The Kier molecular flexibility index (Phi) is 5.09. The number of phenolic OH excluding ortho intramolecular Hbond substituents is 1. The molecule has 2 N–H and O–H groups in total. The van der Waals surface area contributed by atoms with E-state index in [0.717, 1.165) is 13.1 Å². The minimum atomic E-state index is -0.165. The Labute approximate surface area is 118 Å². The molecule has 1 heterocycles. The average molecular weight is 277 g/mol. The molecule has 0 aliphatic carbocycles. The lowest BCUT2D eigenvalue weighted by Crippen LogP contribution is -2.42. The maximum atomic E-state index is 11.8. The summed E-state index contributed by atoms with van der Waals surface area (Å²) in [6, 6.07) is 6.89. The van der Waals surface area contributed by atoms with Crippen LogP contribution in [0.2, 0.25) is 0 Å². The molecular weight excluding hydrogens is 258 g/mol. The summed E-state index contributed by atoms with van der Waals surface area (Å²) >= 11 is 0. The number of hydrogen-bond donors (Lipinski definition) is 2. The number of rotatable bonds is 4. The van der Waals surface area contributed by atoms with Crippen molar-refractivity contribution in [3.8, 4) is 5.75 Å². The van der Waals surface area contributed by atoms with Crippen molar-refractivity contribution in [1.29, 1.82) is 0 Å². The molecule has 0 radical (unpaired) electrons. The van der Waals surface area contributed by atoms with Gasteiger partial charge in [-0.25, -0.2) is 5.43 Å². The van der Waals surface area contributed by atoms with E-state index in [9.17, 15) is 9.90 Å². The maximum absolute atomic E-state index is 11.8. The molecule has 1 amide bonds. The van der Waals surface area contributed by atoms with E-state index in [1.165, 1.54) is 0 Å². The zero-order chi connectivity index (χ0) is 14.4. The van der Waals surface area contributed by atoms with Gasteiger partial charge in [-0.3, -0.25) is 9.69 Å². The predicted molar refractivity (Wildman–Crippen MR) is 75.7 cm³/mol. The quantitative estimate of drug-likeness (QED) is 0.623. The van der Waals surface area contributed by atoms with E-state index < -0.39 is 0 Å². The highest BCUT2D eigenvalue weighted by Crippen LogP contribution is 2.16. The molecule has 1 fully saturated rings. The van der Waals surface area contributed by atoms with E-state index in [0.29, 0.717) is 31.0 Å². The van der Waals surface area contributed by atoms with Crippen molar-refractivity contribution in [3.63, 3.8) is 0 Å². The summed E-state index contributed by atoms with van der Waals surface area (Å²) in [7, 11) is 0. The third kappa shape index (κ3) is 4.04. The summed E-state index contributed by atoms with van der Waals surface area (Å²) in [6.45, 7) is 4.89. The van der Waals surface area contributed by atoms with Gasteiger partial charge in [-0.2, -0.15) is 5.10 Å². The van der Waals surface area contributed by atoms with Gasteiger partial charge in [0, 0.05) is 18.7 Å². The van der Waals surface area contributed by atoms with Crippen LogP contribution < -0.4 is 5.43 Å². The SMILES string of the molecule is C/C(=N/NC(=O)CN1CCOCC1)c1ccccc1O. The van der Waals surface area contributed by atoms with Crippen LogP contribution in [0.25, 0.3) is 0 Å². The van der Waals surface area contributed by atoms with Crippen molar-refractivity contribution in [2.75, 3.05) is 32.8 Å². The van der Waals surface area contributed by atoms with Crippen LogP contribution in [0, 0.1) is 0 Å². The zero-order valence-electron chi connectivity index (χ0n) is 11.5. The molecule has 0 bridgehead atoms. The fraction of sp³-hybridized carbons (Fsp3) is 0.429. The monoisotopic (exact) mass is 277 g/mol. The molecule has 0 aromatic heterocycles. The van der Waals surface area contributed by atoms with Crippen molar-refractivity contribution in [2.24, 2.45) is 5.10 Å². The Balaban J connectivity index is 1.88. The molecule has 2 rings (SSSR count). The van der Waals surface area contributed by atoms with E-state index in [-0.39, 0.29) is 11.7 Å². The van der Waals surface area contributed by atoms with Crippen molar-refractivity contribution in [3.05, 3.63) is 29.8 Å². The van der Waals surface area contributed by atoms with Crippen LogP contribution in [0.5, 0.6) is 5.75 Å². The molecule has 6 heteroatoms. The average Bonchev–Trinajstić information content (AvgIpc) is 2.46. The van der Waals surface area contributed by atoms with Crippen molar-refractivity contribution in [2.45, 2.75) is 6.92 Å². The van der Waals surface area contributed by atoms with Gasteiger partial charge in [-0.05, 0) is 19.1 Å². The molecule has 1 aromatic rings. The van der Waals surface area contributed by atoms with Gasteiger partial charge in [0.15, 0.2) is 0 Å². The standard InChI is InChI=1S/C14H19N3O3/c1-11(12-4-2-3-5-13(12)18)15-16-14(19)10-17-6-8-20-9-7-17/h2-5,18H,6-10H2,1H3,(H,16,19)/b15-11-. The van der Waals surface area contributed by atoms with Gasteiger partial charge in [0.1, 0.15) is 5.75 Å². The Morgan fingerprint density at radius 1 is 1.40 bits per heavy atom. The maximum Gasteiger partial charge on any atom is 0.254 e. The molecule has 1 aliphatic rings. The number of aromatic hydroxyl groups is 1. The van der Waals surface area contributed by atoms with Crippen molar-refractivity contribution in [1.82, 2.24) is 10.3 Å². The third-order valence-corrected chi connectivity index (χ3v) is 3.11. The lowest BCUT2D eigenvalue weighted by Gasteiger charge is -2.25. The van der Waals surface area contributed by atoms with Gasteiger partial charge in [-0.1, -0.05) is 12.1 Å². The molecule has 0 saturated carbocycles. The molecule has 0 spiro atoms. The fourth-order valence-corrected chi connectivity index (χ4v) is 1.98. The second kappa shape index (κ2) is 7.02. The van der Waals surface area contributed by atoms with Crippen LogP contribution in [-0.4, -0.2) is 54.5 Å². The van der Waals surface area contributed by atoms with E-state index in [2.05, 4.69) is 10.5 Å². The second-order valence-corrected chi connectivity index (χ2v) is 4.64. The molecule has 6 nitrogen and oxygen atoms in total. The van der Waals surface area contributed by atoms with E-state index in [1.807, 2.05) is 11.0 Å². The van der Waals surface area contributed by atoms with Gasteiger partial charge in [0.25, 0.3) is 5.91 Å². The number of ether oxygens (including phenoxy) is 1. The van der Waals surface area contributed by atoms with Crippen LogP contribution in [-0.2, 0) is 9.53 Å². The van der Waals surface area contributed by atoms with Crippen molar-refractivity contribution < 1.29 is 14.6 Å². The van der Waals surface area contributed by atoms with Gasteiger partial charge in [0.2, 0.25) is 0 Å². The molecule has 1 saturated heterocycles. The predicted octanol–water partition coefficient (Wildman–Crippen LogP) is 0.565. The summed E-state index contributed by atoms with van der Waals surface area (Å²) in [5.41, 5.74) is 3.69. The van der Waals surface area contributed by atoms with Gasteiger partial charge in [-0.15, -0.1) is 0 Å². The number of amides is 1. The number of hydrogen-bond acceptors (Lipinski definition) is 5. The van der Waals surface area contributed by atoms with E-state index in [1.54, 1.807) is 25.1 Å². The van der Waals surface area contributed by atoms with Crippen LogP contribution in [0.4, 0.5) is 0 Å². The number of morpholine rings is 1. The molecule has 1 aliphatic heterocycles. The zero-order valence-corrected chi connectivity index (χ0v) is 11.5. The van der Waals surface area contributed by atoms with Crippen LogP contribution >= 0.6 is 0 Å². The Morgan fingerprint density at radius 2 is 2.10 bits per heavy atom. The molecule has 108 valence electrons. The Morgan fingerprint density at radius 3 is 2.80 bits per heavy atom. The van der Waals surface area contributed by atoms with Crippen LogP contribution in [0.1, 0.15) is 12.5 Å². The lowest BCUT2D eigenvalue weighted by molar-refractivity contribution is -0.123. The molecule has 20 heavy (non-hydrogen) atoms. The first-order valence-corrected chi connectivity index (χ1v) is 6.58. The summed E-state index contributed by atoms with van der Waals surface area (Å²) < 4.78 is 5.22. The number of nitrogens with one attached hydrogen (secondary N) is 1. The first kappa shape index (κ1) is 14.5. The highest BCUT2D eigenvalue weighted by atomic mass is 16.5. The molecular formula is C14H19N3O3. The first-order chi connectivity index (χ1) is 9.66. The summed E-state index contributed by atoms with van der Waals surface area (Å²) in [5.74, 6) is -0.0159. The van der Waals surface area contributed by atoms with Gasteiger partial charge in [0.05, 0.1) is 25.5 Å². The number of benzene rings is 1. The van der Waals surface area contributed by atoms with Gasteiger partial charge >= 0.3 is 0 Å². The van der Waals surface area contributed by atoms with Crippen LogP contribution in [0.3, 0.4) is 0 Å². The normalized spacial score (nSPS) is 16.9. The summed E-state index contributed by atoms with van der Waals surface area (Å²) in [5, 5.41) is 13.7. The first-order valence-electron chi connectivity index (χ1n) is 6.58. The van der Waals surface area contributed by atoms with Gasteiger partial charge < -0.3 is 9.84 Å². The Bertz CT molecular complexity index is 496. The van der Waals surface area contributed by atoms with E-state index >= 15 is 0 Å². The number of carbonyl (C=O) groups excluding carboxylic acids is 1. The number of nitrogens with zero attached hydrogens (tertiary/aromatic N) is 2. The number of phenols is 1. The largest absolute Gasteiger partial charge is 0.507 e. The number of carbonyl (C=O) groups is 1. The molecule has 1 aromatic carbocycles. The minimum Gasteiger partial charge on any atom is -0.507 e. The third-order valence-electron chi connectivity index (χ3n) is 3.11. The van der Waals surface area contributed by atoms with Crippen molar-refractivity contribution >= 4 is 11.6 Å². The fourth-order valence-electron chi connectivity index (χ4n) is 1.98. The topological polar surface area (TPSA) is 74.2 Å². The highest BCUT2D eigenvalue weighted by molar-refractivity contribution is 6.01. The smallest absolute Gasteiger partial charge is 0.254 e. The molecule has 0 atom stereocenters. The highest BCUT2D eigenvalue weighted by Gasteiger charge is 2.13. The summed E-state index contributed by atoms with van der Waals surface area (Å²) in [4.78, 5) is 13.8. The minimum absolute atomic E-state index is 0.149. The van der Waals surface area contributed by atoms with Crippen LogP contribution in [0.15, 0.2) is 29.4 Å². The second-order valence-electron chi connectivity index (χ2n) is 4.64. The molecule has 0 unspecified atom stereocenters. The lowest BCUT2D eigenvalue weighted by atomic mass is 10.1. The number of para-hydroxylation sites is 1. The Hall–Kier alpha value is -1.92.